The average Bonchev–Trinajstić information content (AvgIpc) is 3.54. The van der Waals surface area contributed by atoms with Crippen molar-refractivity contribution in [3.8, 4) is 11.5 Å². The second-order valence-electron chi connectivity index (χ2n) is 12.2. The Morgan fingerprint density at radius 1 is 1.19 bits per heavy atom. The molecule has 1 aromatic heterocycles. The van der Waals surface area contributed by atoms with E-state index in [0.717, 1.165) is 67.2 Å². The van der Waals surface area contributed by atoms with E-state index in [9.17, 15) is 5.11 Å². The molecule has 0 amide bonds. The number of aliphatic hydroxyl groups is 1. The van der Waals surface area contributed by atoms with Gasteiger partial charge < -0.3 is 19.1 Å². The maximum absolute atomic E-state index is 13.1. The van der Waals surface area contributed by atoms with Gasteiger partial charge in [0, 0.05) is 41.0 Å². The summed E-state index contributed by atoms with van der Waals surface area (Å²) in [6.07, 6.45) is 7.26. The van der Waals surface area contributed by atoms with E-state index in [1.807, 2.05) is 0 Å². The topological polar surface area (TPSA) is 46.9 Å². The van der Waals surface area contributed by atoms with Crippen molar-refractivity contribution in [1.29, 1.82) is 0 Å². The van der Waals surface area contributed by atoms with Crippen LogP contribution < -0.4 is 9.47 Å². The van der Waals surface area contributed by atoms with Crippen molar-refractivity contribution >= 4 is 26.8 Å². The van der Waals surface area contributed by atoms with Crippen LogP contribution >= 0.6 is 15.9 Å². The van der Waals surface area contributed by atoms with E-state index in [-0.39, 0.29) is 12.1 Å². The van der Waals surface area contributed by atoms with Crippen molar-refractivity contribution in [1.82, 2.24) is 9.47 Å². The lowest BCUT2D eigenvalue weighted by molar-refractivity contribution is -0.173. The third kappa shape index (κ3) is 2.28. The molecule has 3 aliphatic carbocycles. The van der Waals surface area contributed by atoms with Crippen molar-refractivity contribution < 1.29 is 14.6 Å². The minimum atomic E-state index is -0.863. The molecule has 5 nitrogen and oxygen atoms in total. The molecule has 3 aromatic rings. The Kier molecular flexibility index (Phi) is 3.90. The second-order valence-corrected chi connectivity index (χ2v) is 13.1. The van der Waals surface area contributed by atoms with Crippen LogP contribution in [0.5, 0.6) is 11.5 Å². The molecule has 4 atom stereocenters. The number of piperidine rings is 1. The van der Waals surface area contributed by atoms with Gasteiger partial charge in [0.05, 0.1) is 29.3 Å². The van der Waals surface area contributed by atoms with Gasteiger partial charge in [0.1, 0.15) is 0 Å². The smallest absolute Gasteiger partial charge is 0.166 e. The largest absolute Gasteiger partial charge is 0.493 e. The van der Waals surface area contributed by atoms with Crippen LogP contribution in [0.2, 0.25) is 0 Å². The fraction of sp³-hybridized carbons (Fsp3) is 0.533. The lowest BCUT2D eigenvalue weighted by Crippen LogP contribution is -2.74. The van der Waals surface area contributed by atoms with Crippen molar-refractivity contribution in [2.24, 2.45) is 5.92 Å². The predicted octanol–water partition coefficient (Wildman–Crippen LogP) is 5.06. The van der Waals surface area contributed by atoms with E-state index in [1.165, 1.54) is 51.7 Å². The van der Waals surface area contributed by atoms with E-state index >= 15 is 0 Å². The number of nitrogens with zero attached hydrogens (tertiary/aromatic N) is 2. The van der Waals surface area contributed by atoms with E-state index < -0.39 is 11.0 Å². The van der Waals surface area contributed by atoms with Crippen LogP contribution in [0.15, 0.2) is 28.7 Å². The summed E-state index contributed by atoms with van der Waals surface area (Å²) in [5, 5.41) is 14.4. The van der Waals surface area contributed by atoms with Crippen LogP contribution in [0.4, 0.5) is 0 Å². The molecule has 2 aromatic carbocycles. The number of rotatable bonds is 3. The van der Waals surface area contributed by atoms with Crippen molar-refractivity contribution in [2.75, 3.05) is 20.2 Å². The first-order chi connectivity index (χ1) is 17.5. The Labute approximate surface area is 219 Å². The first-order valence-electron chi connectivity index (χ1n) is 13.7. The molecule has 6 aliphatic rings. The van der Waals surface area contributed by atoms with Gasteiger partial charge in [-0.1, -0.05) is 22.0 Å². The number of likely N-dealkylation sites (tertiary alicyclic amines) is 1. The normalized spacial score (nSPS) is 33.3. The minimum Gasteiger partial charge on any atom is -0.493 e. The Balaban J connectivity index is 1.36. The molecule has 3 aliphatic heterocycles. The van der Waals surface area contributed by atoms with E-state index in [2.05, 4.69) is 49.7 Å². The molecule has 4 heterocycles. The lowest BCUT2D eigenvalue weighted by atomic mass is 9.49. The molecule has 1 N–H and O–H groups in total. The molecule has 36 heavy (non-hydrogen) atoms. The van der Waals surface area contributed by atoms with Crippen LogP contribution in [-0.4, -0.2) is 46.4 Å². The molecular formula is C30H31BrN2O3. The second kappa shape index (κ2) is 6.69. The van der Waals surface area contributed by atoms with Gasteiger partial charge in [-0.05, 0) is 85.9 Å². The zero-order valence-corrected chi connectivity index (χ0v) is 22.2. The number of hydrogen-bond donors (Lipinski definition) is 1. The highest BCUT2D eigenvalue weighted by Gasteiger charge is 2.73. The number of halogens is 1. The van der Waals surface area contributed by atoms with E-state index in [1.54, 1.807) is 7.11 Å². The summed E-state index contributed by atoms with van der Waals surface area (Å²) in [7, 11) is 1.74. The molecule has 0 radical (unpaired) electrons. The summed E-state index contributed by atoms with van der Waals surface area (Å²) in [5.41, 5.74) is 6.72. The fourth-order valence-electron chi connectivity index (χ4n) is 9.03. The maximum atomic E-state index is 13.1. The number of benzene rings is 2. The summed E-state index contributed by atoms with van der Waals surface area (Å²) < 4.78 is 16.6. The third-order valence-corrected chi connectivity index (χ3v) is 11.0. The van der Waals surface area contributed by atoms with Gasteiger partial charge in [-0.15, -0.1) is 0 Å². The van der Waals surface area contributed by atoms with Gasteiger partial charge in [-0.3, -0.25) is 4.90 Å². The highest BCUT2D eigenvalue weighted by atomic mass is 79.9. The average molecular weight is 547 g/mol. The van der Waals surface area contributed by atoms with Crippen molar-refractivity contribution in [2.45, 2.75) is 74.7 Å². The minimum absolute atomic E-state index is 0.119. The molecule has 2 fully saturated rings. The first kappa shape index (κ1) is 21.0. The Morgan fingerprint density at radius 2 is 2.08 bits per heavy atom. The molecule has 1 spiro atoms. The lowest BCUT2D eigenvalue weighted by Gasteiger charge is -2.63. The van der Waals surface area contributed by atoms with Crippen LogP contribution in [-0.2, 0) is 31.2 Å². The molecule has 1 saturated heterocycles. The third-order valence-electron chi connectivity index (χ3n) is 10.6. The van der Waals surface area contributed by atoms with Gasteiger partial charge in [-0.2, -0.15) is 0 Å². The summed E-state index contributed by atoms with van der Waals surface area (Å²) in [6, 6.07) is 9.04. The predicted molar refractivity (Wildman–Crippen MR) is 141 cm³/mol. The van der Waals surface area contributed by atoms with E-state index in [4.69, 9.17) is 9.47 Å². The zero-order valence-electron chi connectivity index (χ0n) is 20.6. The van der Waals surface area contributed by atoms with Crippen molar-refractivity contribution in [3.63, 3.8) is 0 Å². The summed E-state index contributed by atoms with van der Waals surface area (Å²) in [6.45, 7) is 3.18. The quantitative estimate of drug-likeness (QED) is 0.499. The molecule has 9 rings (SSSR count). The number of ether oxygens (including phenoxy) is 2. The Morgan fingerprint density at radius 3 is 2.92 bits per heavy atom. The van der Waals surface area contributed by atoms with Crippen LogP contribution in [0, 0.1) is 5.92 Å². The standard InChI is InChI=1S/C30H31BrN2O3/c1-35-22-7-6-17-12-23-30(34)14-21-20-13-19(31)11-18-3-2-9-33(25(18)20)26(21)28-29(30,24(17)27(22)36-28)8-10-32(23)15-16-4-5-16/h6-7,11,13,16,23,28,34H,2-5,8-10,12,14-15H2,1H3/t23-,28+,29+,30-/m1/s1. The first-order valence-corrected chi connectivity index (χ1v) is 14.5. The molecule has 186 valence electrons. The van der Waals surface area contributed by atoms with Crippen LogP contribution in [0.3, 0.4) is 0 Å². The van der Waals surface area contributed by atoms with Gasteiger partial charge in [0.15, 0.2) is 17.6 Å². The molecular weight excluding hydrogens is 516 g/mol. The maximum Gasteiger partial charge on any atom is 0.166 e. The summed E-state index contributed by atoms with van der Waals surface area (Å²) in [4.78, 5) is 2.65. The van der Waals surface area contributed by atoms with Gasteiger partial charge in [-0.25, -0.2) is 0 Å². The fourth-order valence-corrected chi connectivity index (χ4v) is 9.54. The number of fused-ring (bicyclic) bond motifs is 4. The highest BCUT2D eigenvalue weighted by Crippen LogP contribution is 2.69. The summed E-state index contributed by atoms with van der Waals surface area (Å²) in [5.74, 6) is 2.49. The molecule has 1 saturated carbocycles. The van der Waals surface area contributed by atoms with Crippen LogP contribution in [0.25, 0.3) is 10.9 Å². The highest BCUT2D eigenvalue weighted by molar-refractivity contribution is 9.10. The zero-order chi connectivity index (χ0) is 24.0. The van der Waals surface area contributed by atoms with E-state index in [0.29, 0.717) is 6.42 Å². The number of methoxy groups -OCH3 is 1. The SMILES string of the molecule is COc1ccc2c3c1O[C@H]1c4c(c5cc(Br)cc6c5n4CCC6)C[C@@]4(O)[C@@H](C2)N(CC2CC2)CC[C@]314. The molecule has 6 heteroatoms. The van der Waals surface area contributed by atoms with Crippen molar-refractivity contribution in [3.05, 3.63) is 56.7 Å². The molecule has 0 unspecified atom stereocenters. The number of aromatic nitrogens is 1. The summed E-state index contributed by atoms with van der Waals surface area (Å²) >= 11 is 3.80. The Bertz CT molecular complexity index is 1490. The van der Waals surface area contributed by atoms with Gasteiger partial charge in [0.2, 0.25) is 0 Å². The molecule has 2 bridgehead atoms. The van der Waals surface area contributed by atoms with Gasteiger partial charge in [0.25, 0.3) is 0 Å². The number of aryl methyl sites for hydroxylation is 2. The monoisotopic (exact) mass is 546 g/mol. The van der Waals surface area contributed by atoms with Gasteiger partial charge >= 0.3 is 0 Å². The Hall–Kier alpha value is -2.02. The number of hydrogen-bond acceptors (Lipinski definition) is 4. The van der Waals surface area contributed by atoms with Crippen LogP contribution in [0.1, 0.15) is 59.7 Å².